The molecule has 1 rings (SSSR count). The fourth-order valence-electron chi connectivity index (χ4n) is 1.80. The molecular weight excluding hydrogens is 238 g/mol. The van der Waals surface area contributed by atoms with Crippen molar-refractivity contribution in [1.29, 1.82) is 0 Å². The molecule has 96 valence electrons. The highest BCUT2D eigenvalue weighted by Gasteiger charge is 2.19. The Morgan fingerprint density at radius 1 is 1.47 bits per heavy atom. The van der Waals surface area contributed by atoms with Crippen molar-refractivity contribution in [2.45, 2.75) is 25.4 Å². The van der Waals surface area contributed by atoms with Crippen molar-refractivity contribution in [2.75, 3.05) is 19.8 Å². The first-order valence-electron chi connectivity index (χ1n) is 5.90. The Morgan fingerprint density at radius 3 is 2.82 bits per heavy atom. The maximum atomic E-state index is 10.1. The smallest absolute Gasteiger partial charge is 0.0642 e. The predicted molar refractivity (Wildman–Crippen MR) is 70.4 cm³/mol. The van der Waals surface area contributed by atoms with Gasteiger partial charge in [-0.05, 0) is 31.0 Å². The molecule has 0 aliphatic rings. The quantitative estimate of drug-likeness (QED) is 0.736. The third-order valence-electron chi connectivity index (χ3n) is 2.76. The monoisotopic (exact) mass is 257 g/mol. The van der Waals surface area contributed by atoms with Crippen molar-refractivity contribution in [3.05, 3.63) is 34.9 Å². The van der Waals surface area contributed by atoms with Gasteiger partial charge in [0, 0.05) is 30.7 Å². The van der Waals surface area contributed by atoms with Gasteiger partial charge >= 0.3 is 0 Å². The Morgan fingerprint density at radius 2 is 2.24 bits per heavy atom. The van der Waals surface area contributed by atoms with Crippen molar-refractivity contribution in [1.82, 2.24) is 0 Å². The summed E-state index contributed by atoms with van der Waals surface area (Å²) >= 11 is 5.93. The summed E-state index contributed by atoms with van der Waals surface area (Å²) in [4.78, 5) is 0. The van der Waals surface area contributed by atoms with Crippen LogP contribution in [0.2, 0.25) is 5.02 Å². The number of ether oxygens (including phenoxy) is 1. The molecule has 0 aliphatic heterocycles. The lowest BCUT2D eigenvalue weighted by Crippen LogP contribution is -2.27. The van der Waals surface area contributed by atoms with Gasteiger partial charge in [-0.15, -0.1) is 0 Å². The standard InChI is InChI=1S/C13H20ClNO2/c1-2-17-7-6-13(16)12(9-15)10-4-3-5-11(14)8-10/h3-5,8,12-13,16H,2,6-7,9,15H2,1H3. The van der Waals surface area contributed by atoms with Crippen molar-refractivity contribution in [3.63, 3.8) is 0 Å². The number of aliphatic hydroxyl groups excluding tert-OH is 1. The zero-order valence-electron chi connectivity index (χ0n) is 10.1. The summed E-state index contributed by atoms with van der Waals surface area (Å²) in [5, 5.41) is 10.7. The normalized spacial score (nSPS) is 14.6. The zero-order chi connectivity index (χ0) is 12.7. The number of aliphatic hydroxyl groups is 1. The highest BCUT2D eigenvalue weighted by molar-refractivity contribution is 6.30. The number of hydrogen-bond donors (Lipinski definition) is 2. The van der Waals surface area contributed by atoms with Crippen molar-refractivity contribution < 1.29 is 9.84 Å². The largest absolute Gasteiger partial charge is 0.392 e. The van der Waals surface area contributed by atoms with Gasteiger partial charge in [-0.25, -0.2) is 0 Å². The highest BCUT2D eigenvalue weighted by Crippen LogP contribution is 2.23. The first-order valence-corrected chi connectivity index (χ1v) is 6.28. The van der Waals surface area contributed by atoms with Crippen LogP contribution >= 0.6 is 11.6 Å². The summed E-state index contributed by atoms with van der Waals surface area (Å²) in [5.41, 5.74) is 6.69. The molecule has 17 heavy (non-hydrogen) atoms. The lowest BCUT2D eigenvalue weighted by Gasteiger charge is -2.22. The molecule has 0 bridgehead atoms. The van der Waals surface area contributed by atoms with Crippen molar-refractivity contribution in [2.24, 2.45) is 5.73 Å². The Bertz CT molecular complexity index is 333. The number of hydrogen-bond acceptors (Lipinski definition) is 3. The van der Waals surface area contributed by atoms with Gasteiger partial charge in [0.2, 0.25) is 0 Å². The van der Waals surface area contributed by atoms with Gasteiger partial charge in [-0.1, -0.05) is 23.7 Å². The van der Waals surface area contributed by atoms with Crippen LogP contribution in [0.25, 0.3) is 0 Å². The summed E-state index contributed by atoms with van der Waals surface area (Å²) in [6.07, 6.45) is 0.0902. The fraction of sp³-hybridized carbons (Fsp3) is 0.538. The van der Waals surface area contributed by atoms with E-state index in [0.717, 1.165) is 5.56 Å². The third-order valence-corrected chi connectivity index (χ3v) is 2.99. The third kappa shape index (κ3) is 4.64. The topological polar surface area (TPSA) is 55.5 Å². The number of rotatable bonds is 7. The summed E-state index contributed by atoms with van der Waals surface area (Å²) in [5.74, 6) is -0.0887. The average molecular weight is 258 g/mol. The van der Waals surface area contributed by atoms with E-state index in [1.54, 1.807) is 0 Å². The van der Waals surface area contributed by atoms with Gasteiger partial charge in [0.25, 0.3) is 0 Å². The number of nitrogens with two attached hydrogens (primary N) is 1. The first-order chi connectivity index (χ1) is 8.19. The van der Waals surface area contributed by atoms with Crippen LogP contribution in [0.1, 0.15) is 24.8 Å². The molecule has 0 fully saturated rings. The highest BCUT2D eigenvalue weighted by atomic mass is 35.5. The molecule has 0 spiro atoms. The molecule has 3 nitrogen and oxygen atoms in total. The minimum Gasteiger partial charge on any atom is -0.392 e. The molecule has 0 saturated carbocycles. The Kier molecular flexibility index (Phi) is 6.52. The van der Waals surface area contributed by atoms with Crippen LogP contribution in [-0.4, -0.2) is 31.0 Å². The number of halogens is 1. The van der Waals surface area contributed by atoms with E-state index in [4.69, 9.17) is 22.1 Å². The summed E-state index contributed by atoms with van der Waals surface area (Å²) in [6, 6.07) is 7.47. The van der Waals surface area contributed by atoms with E-state index in [1.165, 1.54) is 0 Å². The zero-order valence-corrected chi connectivity index (χ0v) is 10.9. The van der Waals surface area contributed by atoms with Crippen LogP contribution < -0.4 is 5.73 Å². The van der Waals surface area contributed by atoms with E-state index < -0.39 is 6.10 Å². The molecule has 2 atom stereocenters. The molecule has 0 aromatic heterocycles. The van der Waals surface area contributed by atoms with Crippen molar-refractivity contribution >= 4 is 11.6 Å². The first kappa shape index (κ1) is 14.5. The molecule has 1 aromatic carbocycles. The van der Waals surface area contributed by atoms with E-state index in [1.807, 2.05) is 31.2 Å². The maximum Gasteiger partial charge on any atom is 0.0642 e. The summed E-state index contributed by atoms with van der Waals surface area (Å²) in [7, 11) is 0. The molecular formula is C13H20ClNO2. The Hall–Kier alpha value is -0.610. The molecule has 2 unspecified atom stereocenters. The second kappa shape index (κ2) is 7.67. The van der Waals surface area contributed by atoms with Gasteiger partial charge < -0.3 is 15.6 Å². The summed E-state index contributed by atoms with van der Waals surface area (Å²) in [6.45, 7) is 3.54. The van der Waals surface area contributed by atoms with Gasteiger partial charge in [0.15, 0.2) is 0 Å². The lowest BCUT2D eigenvalue weighted by atomic mass is 9.92. The minimum absolute atomic E-state index is 0.0887. The Labute approximate surface area is 108 Å². The average Bonchev–Trinajstić information content (AvgIpc) is 2.30. The van der Waals surface area contributed by atoms with Crippen LogP contribution in [0.15, 0.2) is 24.3 Å². The van der Waals surface area contributed by atoms with E-state index in [9.17, 15) is 5.11 Å². The molecule has 0 heterocycles. The molecule has 0 radical (unpaired) electrons. The van der Waals surface area contributed by atoms with Crippen LogP contribution in [0, 0.1) is 0 Å². The van der Waals surface area contributed by atoms with E-state index in [0.29, 0.717) is 31.2 Å². The van der Waals surface area contributed by atoms with E-state index in [2.05, 4.69) is 0 Å². The van der Waals surface area contributed by atoms with E-state index >= 15 is 0 Å². The van der Waals surface area contributed by atoms with Crippen LogP contribution in [-0.2, 0) is 4.74 Å². The molecule has 0 aliphatic carbocycles. The predicted octanol–water partition coefficient (Wildman–Crippen LogP) is 2.17. The van der Waals surface area contributed by atoms with Crippen LogP contribution in [0.4, 0.5) is 0 Å². The molecule has 0 saturated heterocycles. The minimum atomic E-state index is -0.495. The van der Waals surface area contributed by atoms with E-state index in [-0.39, 0.29) is 5.92 Å². The molecule has 1 aromatic rings. The molecule has 0 amide bonds. The van der Waals surface area contributed by atoms with Gasteiger partial charge in [0.05, 0.1) is 6.10 Å². The SMILES string of the molecule is CCOCCC(O)C(CN)c1cccc(Cl)c1. The van der Waals surface area contributed by atoms with Gasteiger partial charge in [-0.2, -0.15) is 0 Å². The van der Waals surface area contributed by atoms with Crippen molar-refractivity contribution in [3.8, 4) is 0 Å². The summed E-state index contributed by atoms with van der Waals surface area (Å²) < 4.78 is 5.23. The molecule has 4 heteroatoms. The molecule has 3 N–H and O–H groups in total. The maximum absolute atomic E-state index is 10.1. The van der Waals surface area contributed by atoms with Gasteiger partial charge in [-0.3, -0.25) is 0 Å². The number of benzene rings is 1. The van der Waals surface area contributed by atoms with Crippen LogP contribution in [0.3, 0.4) is 0 Å². The fourth-order valence-corrected chi connectivity index (χ4v) is 2.00. The van der Waals surface area contributed by atoms with Crippen LogP contribution in [0.5, 0.6) is 0 Å². The second-order valence-electron chi connectivity index (χ2n) is 3.95. The van der Waals surface area contributed by atoms with Gasteiger partial charge in [0.1, 0.15) is 0 Å². The second-order valence-corrected chi connectivity index (χ2v) is 4.39. The Balaban J connectivity index is 2.63. The lowest BCUT2D eigenvalue weighted by molar-refractivity contribution is 0.0752.